The normalized spacial score (nSPS) is 13.1. The average Bonchev–Trinajstić information content (AvgIpc) is 2.36. The predicted molar refractivity (Wildman–Crippen MR) is 77.6 cm³/mol. The fraction of sp³-hybridized carbons (Fsp3) is 0.467. The molecule has 0 unspecified atom stereocenters. The molecule has 1 rings (SSSR count). The number of carbonyl (C=O) groups excluding carboxylic acids is 1. The van der Waals surface area contributed by atoms with Crippen molar-refractivity contribution in [1.82, 2.24) is 5.32 Å². The van der Waals surface area contributed by atoms with Crippen LogP contribution in [0.4, 0.5) is 18.0 Å². The second-order valence-corrected chi connectivity index (χ2v) is 5.93. The van der Waals surface area contributed by atoms with Crippen molar-refractivity contribution in [2.24, 2.45) is 0 Å². The van der Waals surface area contributed by atoms with Gasteiger partial charge in [-0.3, -0.25) is 0 Å². The zero-order valence-electron chi connectivity index (χ0n) is 13.3. The third-order valence-corrected chi connectivity index (χ3v) is 2.59. The molecule has 0 aliphatic rings. The summed E-state index contributed by atoms with van der Waals surface area (Å²) in [6.07, 6.45) is -5.82. The molecule has 0 bridgehead atoms. The standard InChI is InChI=1S/C15H18F3NO5/c1-14(2,3)24-13(22)19-11(12(20)21)8-9-4-6-10(7-5-9)23-15(16,17)18/h4-7,11H,8H2,1-3H3,(H,19,22)(H,20,21)/t11-/m1/s1. The maximum atomic E-state index is 12.1. The van der Waals surface area contributed by atoms with Gasteiger partial charge in [-0.15, -0.1) is 13.2 Å². The average molecular weight is 349 g/mol. The molecule has 1 aromatic rings. The first-order chi connectivity index (χ1) is 10.9. The van der Waals surface area contributed by atoms with Gasteiger partial charge in [-0.05, 0) is 38.5 Å². The number of alkyl carbamates (subject to hydrolysis) is 1. The molecule has 0 aliphatic heterocycles. The monoisotopic (exact) mass is 349 g/mol. The second-order valence-electron chi connectivity index (χ2n) is 5.93. The molecule has 24 heavy (non-hydrogen) atoms. The zero-order chi connectivity index (χ0) is 18.5. The number of nitrogens with one attached hydrogen (secondary N) is 1. The van der Waals surface area contributed by atoms with Crippen molar-refractivity contribution in [3.8, 4) is 5.75 Å². The van der Waals surface area contributed by atoms with Crippen molar-refractivity contribution in [2.75, 3.05) is 0 Å². The molecule has 2 N–H and O–H groups in total. The zero-order valence-corrected chi connectivity index (χ0v) is 13.3. The summed E-state index contributed by atoms with van der Waals surface area (Å²) in [4.78, 5) is 22.8. The van der Waals surface area contributed by atoms with Gasteiger partial charge in [-0.25, -0.2) is 9.59 Å². The summed E-state index contributed by atoms with van der Waals surface area (Å²) in [6, 6.07) is 3.42. The molecule has 0 radical (unpaired) electrons. The summed E-state index contributed by atoms with van der Waals surface area (Å²) in [6.45, 7) is 4.88. The summed E-state index contributed by atoms with van der Waals surface area (Å²) in [7, 11) is 0. The lowest BCUT2D eigenvalue weighted by molar-refractivity contribution is -0.274. The van der Waals surface area contributed by atoms with Crippen LogP contribution in [-0.2, 0) is 16.0 Å². The van der Waals surface area contributed by atoms with Crippen LogP contribution in [0.5, 0.6) is 5.75 Å². The molecular weight excluding hydrogens is 331 g/mol. The number of rotatable bonds is 5. The maximum absolute atomic E-state index is 12.1. The number of amides is 1. The van der Waals surface area contributed by atoms with E-state index >= 15 is 0 Å². The number of carbonyl (C=O) groups is 2. The second kappa shape index (κ2) is 7.41. The molecule has 134 valence electrons. The Morgan fingerprint density at radius 1 is 1.17 bits per heavy atom. The highest BCUT2D eigenvalue weighted by molar-refractivity contribution is 5.80. The van der Waals surface area contributed by atoms with Crippen LogP contribution in [0.25, 0.3) is 0 Å². The highest BCUT2D eigenvalue weighted by Gasteiger charge is 2.31. The topological polar surface area (TPSA) is 84.9 Å². The maximum Gasteiger partial charge on any atom is 0.573 e. The fourth-order valence-electron chi connectivity index (χ4n) is 1.71. The van der Waals surface area contributed by atoms with Crippen LogP contribution in [0.1, 0.15) is 26.3 Å². The van der Waals surface area contributed by atoms with Gasteiger partial charge in [0.2, 0.25) is 0 Å². The number of alkyl halides is 3. The smallest absolute Gasteiger partial charge is 0.480 e. The minimum Gasteiger partial charge on any atom is -0.480 e. The lowest BCUT2D eigenvalue weighted by Crippen LogP contribution is -2.44. The van der Waals surface area contributed by atoms with Crippen molar-refractivity contribution in [2.45, 2.75) is 45.2 Å². The summed E-state index contributed by atoms with van der Waals surface area (Å²) in [5, 5.41) is 11.3. The van der Waals surface area contributed by atoms with Gasteiger partial charge in [-0.1, -0.05) is 12.1 Å². The molecule has 1 amide bonds. The number of carboxylic acid groups (broad SMARTS) is 1. The van der Waals surface area contributed by atoms with E-state index in [1.54, 1.807) is 20.8 Å². The van der Waals surface area contributed by atoms with Crippen molar-refractivity contribution in [1.29, 1.82) is 0 Å². The van der Waals surface area contributed by atoms with Crippen LogP contribution in [0.2, 0.25) is 0 Å². The van der Waals surface area contributed by atoms with E-state index in [2.05, 4.69) is 10.1 Å². The minimum absolute atomic E-state index is 0.124. The van der Waals surface area contributed by atoms with Gasteiger partial charge in [0.25, 0.3) is 0 Å². The van der Waals surface area contributed by atoms with E-state index in [4.69, 9.17) is 9.84 Å². The molecule has 0 aliphatic carbocycles. The van der Waals surface area contributed by atoms with Gasteiger partial charge in [0.1, 0.15) is 17.4 Å². The highest BCUT2D eigenvalue weighted by atomic mass is 19.4. The van der Waals surface area contributed by atoms with E-state index in [1.165, 1.54) is 12.1 Å². The Labute approximate surface area is 136 Å². The molecule has 0 saturated heterocycles. The van der Waals surface area contributed by atoms with Gasteiger partial charge in [0.05, 0.1) is 0 Å². The van der Waals surface area contributed by atoms with Gasteiger partial charge < -0.3 is 19.9 Å². The van der Waals surface area contributed by atoms with E-state index in [9.17, 15) is 22.8 Å². The van der Waals surface area contributed by atoms with Gasteiger partial charge in [0, 0.05) is 6.42 Å². The Bertz CT molecular complexity index is 578. The largest absolute Gasteiger partial charge is 0.573 e. The van der Waals surface area contributed by atoms with Crippen LogP contribution in [-0.4, -0.2) is 35.2 Å². The molecule has 0 fully saturated rings. The Kier molecular flexibility index (Phi) is 6.05. The van der Waals surface area contributed by atoms with Crippen molar-refractivity contribution < 1.29 is 37.3 Å². The Hall–Kier alpha value is -2.45. The number of hydrogen-bond donors (Lipinski definition) is 2. The Morgan fingerprint density at radius 3 is 2.12 bits per heavy atom. The van der Waals surface area contributed by atoms with E-state index < -0.39 is 35.8 Å². The number of hydrogen-bond acceptors (Lipinski definition) is 4. The molecule has 0 spiro atoms. The SMILES string of the molecule is CC(C)(C)OC(=O)N[C@H](Cc1ccc(OC(F)(F)F)cc1)C(=O)O. The van der Waals surface area contributed by atoms with Crippen molar-refractivity contribution in [3.63, 3.8) is 0 Å². The van der Waals surface area contributed by atoms with E-state index in [-0.39, 0.29) is 6.42 Å². The molecule has 9 heteroatoms. The molecular formula is C15H18F3NO5. The first-order valence-corrected chi connectivity index (χ1v) is 6.93. The molecule has 0 saturated carbocycles. The third-order valence-electron chi connectivity index (χ3n) is 2.59. The quantitative estimate of drug-likeness (QED) is 0.853. The molecule has 0 heterocycles. The molecule has 6 nitrogen and oxygen atoms in total. The Morgan fingerprint density at radius 2 is 1.71 bits per heavy atom. The molecule has 0 aromatic heterocycles. The van der Waals surface area contributed by atoms with Gasteiger partial charge in [-0.2, -0.15) is 0 Å². The lowest BCUT2D eigenvalue weighted by atomic mass is 10.1. The number of benzene rings is 1. The van der Waals surface area contributed by atoms with Crippen molar-refractivity contribution >= 4 is 12.1 Å². The van der Waals surface area contributed by atoms with E-state index in [0.29, 0.717) is 5.56 Å². The first-order valence-electron chi connectivity index (χ1n) is 6.93. The fourth-order valence-corrected chi connectivity index (χ4v) is 1.71. The van der Waals surface area contributed by atoms with Crippen LogP contribution in [0, 0.1) is 0 Å². The van der Waals surface area contributed by atoms with E-state index in [0.717, 1.165) is 12.1 Å². The number of carboxylic acids is 1. The first kappa shape index (κ1) is 19.6. The summed E-state index contributed by atoms with van der Waals surface area (Å²) < 4.78 is 44.9. The van der Waals surface area contributed by atoms with E-state index in [1.807, 2.05) is 0 Å². The third kappa shape index (κ3) is 7.70. The van der Waals surface area contributed by atoms with Gasteiger partial charge >= 0.3 is 18.4 Å². The number of ether oxygens (including phenoxy) is 2. The summed E-state index contributed by atoms with van der Waals surface area (Å²) in [5.41, 5.74) is -0.378. The predicted octanol–water partition coefficient (Wildman–Crippen LogP) is 3.11. The molecule has 1 atom stereocenters. The van der Waals surface area contributed by atoms with Crippen LogP contribution < -0.4 is 10.1 Å². The summed E-state index contributed by atoms with van der Waals surface area (Å²) in [5.74, 6) is -1.71. The van der Waals surface area contributed by atoms with Crippen LogP contribution in [0.3, 0.4) is 0 Å². The molecule has 1 aromatic carbocycles. The van der Waals surface area contributed by atoms with Crippen LogP contribution in [0.15, 0.2) is 24.3 Å². The van der Waals surface area contributed by atoms with Crippen LogP contribution >= 0.6 is 0 Å². The highest BCUT2D eigenvalue weighted by Crippen LogP contribution is 2.23. The lowest BCUT2D eigenvalue weighted by Gasteiger charge is -2.22. The van der Waals surface area contributed by atoms with Crippen molar-refractivity contribution in [3.05, 3.63) is 29.8 Å². The minimum atomic E-state index is -4.80. The van der Waals surface area contributed by atoms with Gasteiger partial charge in [0.15, 0.2) is 0 Å². The number of aliphatic carboxylic acids is 1. The Balaban J connectivity index is 2.72. The number of halogens is 3. The summed E-state index contributed by atoms with van der Waals surface area (Å²) >= 11 is 0.